The van der Waals surface area contributed by atoms with Gasteiger partial charge in [-0.25, -0.2) is 17.8 Å². The monoisotopic (exact) mass is 447 g/mol. The minimum Gasteiger partial charge on any atom is -0.494 e. The summed E-state index contributed by atoms with van der Waals surface area (Å²) in [6.45, 7) is 4.27. The lowest BCUT2D eigenvalue weighted by Crippen LogP contribution is -2.32. The van der Waals surface area contributed by atoms with Crippen LogP contribution in [0.25, 0.3) is 11.3 Å². The van der Waals surface area contributed by atoms with E-state index in [-0.39, 0.29) is 23.5 Å². The molecular formula is C21H22ClN3O4S. The van der Waals surface area contributed by atoms with E-state index in [0.717, 1.165) is 11.3 Å². The van der Waals surface area contributed by atoms with Gasteiger partial charge >= 0.3 is 0 Å². The first-order valence-electron chi connectivity index (χ1n) is 9.37. The third kappa shape index (κ3) is 5.27. The Labute approximate surface area is 180 Å². The van der Waals surface area contributed by atoms with Gasteiger partial charge in [-0.05, 0) is 61.9 Å². The van der Waals surface area contributed by atoms with Crippen molar-refractivity contribution in [2.45, 2.75) is 25.3 Å². The van der Waals surface area contributed by atoms with E-state index in [1.54, 1.807) is 25.1 Å². The van der Waals surface area contributed by atoms with Crippen LogP contribution in [-0.4, -0.2) is 31.3 Å². The summed E-state index contributed by atoms with van der Waals surface area (Å²) in [5, 5.41) is 4.68. The maximum atomic E-state index is 12.6. The zero-order valence-electron chi connectivity index (χ0n) is 16.6. The molecule has 0 saturated heterocycles. The Kier molecular flexibility index (Phi) is 6.91. The molecule has 0 radical (unpaired) electrons. The summed E-state index contributed by atoms with van der Waals surface area (Å²) in [5.74, 6) is 0.750. The number of sulfonamides is 1. The van der Waals surface area contributed by atoms with Crippen molar-refractivity contribution in [1.82, 2.24) is 14.5 Å². The Morgan fingerprint density at radius 3 is 2.53 bits per heavy atom. The van der Waals surface area contributed by atoms with Gasteiger partial charge in [0.05, 0.1) is 23.7 Å². The number of nitrogens with zero attached hydrogens (tertiary/aromatic N) is 2. The maximum Gasteiger partial charge on any atom is 0.266 e. The number of benzene rings is 2. The van der Waals surface area contributed by atoms with Crippen LogP contribution in [0, 0.1) is 6.92 Å². The summed E-state index contributed by atoms with van der Waals surface area (Å²) in [5.41, 5.74) is 1.69. The van der Waals surface area contributed by atoms with Gasteiger partial charge < -0.3 is 4.74 Å². The molecule has 1 heterocycles. The summed E-state index contributed by atoms with van der Waals surface area (Å²) >= 11 is 5.92. The first-order chi connectivity index (χ1) is 14.3. The number of hydrogen-bond acceptors (Lipinski definition) is 5. The molecule has 0 atom stereocenters. The summed E-state index contributed by atoms with van der Waals surface area (Å²) in [7, 11) is -3.76. The van der Waals surface area contributed by atoms with E-state index in [4.69, 9.17) is 16.3 Å². The van der Waals surface area contributed by atoms with E-state index < -0.39 is 10.0 Å². The lowest BCUT2D eigenvalue weighted by molar-refractivity contribution is 0.340. The normalized spacial score (nSPS) is 11.4. The highest BCUT2D eigenvalue weighted by Gasteiger charge is 2.17. The van der Waals surface area contributed by atoms with Crippen molar-refractivity contribution in [1.29, 1.82) is 0 Å². The molecule has 1 aromatic heterocycles. The van der Waals surface area contributed by atoms with E-state index in [2.05, 4.69) is 9.82 Å². The number of hydrogen-bond donors (Lipinski definition) is 1. The zero-order chi connectivity index (χ0) is 21.7. The Balaban J connectivity index is 1.73. The van der Waals surface area contributed by atoms with E-state index in [0.29, 0.717) is 22.9 Å². The van der Waals surface area contributed by atoms with E-state index in [1.807, 2.05) is 31.2 Å². The fourth-order valence-corrected chi connectivity index (χ4v) is 4.41. The van der Waals surface area contributed by atoms with Crippen molar-refractivity contribution in [3.05, 3.63) is 75.5 Å². The van der Waals surface area contributed by atoms with Gasteiger partial charge in [0, 0.05) is 23.2 Å². The van der Waals surface area contributed by atoms with Gasteiger partial charge in [-0.3, -0.25) is 4.79 Å². The van der Waals surface area contributed by atoms with Gasteiger partial charge in [0.1, 0.15) is 5.75 Å². The molecule has 0 bridgehead atoms. The highest BCUT2D eigenvalue weighted by Crippen LogP contribution is 2.21. The fourth-order valence-electron chi connectivity index (χ4n) is 2.88. The molecule has 9 heteroatoms. The molecule has 0 aliphatic carbocycles. The van der Waals surface area contributed by atoms with E-state index in [9.17, 15) is 13.2 Å². The lowest BCUT2D eigenvalue weighted by Gasteiger charge is -2.11. The summed E-state index contributed by atoms with van der Waals surface area (Å²) in [4.78, 5) is 12.3. The molecule has 3 rings (SSSR count). The molecular weight excluding hydrogens is 426 g/mol. The second-order valence-corrected chi connectivity index (χ2v) is 8.72. The number of rotatable bonds is 8. The molecule has 0 saturated carbocycles. The van der Waals surface area contributed by atoms with Gasteiger partial charge in [0.25, 0.3) is 5.56 Å². The van der Waals surface area contributed by atoms with E-state index >= 15 is 0 Å². The highest BCUT2D eigenvalue weighted by atomic mass is 35.5. The average molecular weight is 448 g/mol. The van der Waals surface area contributed by atoms with Crippen LogP contribution >= 0.6 is 11.6 Å². The van der Waals surface area contributed by atoms with Gasteiger partial charge in [0.2, 0.25) is 10.0 Å². The molecule has 0 aliphatic rings. The predicted octanol–water partition coefficient (Wildman–Crippen LogP) is 3.25. The molecule has 1 N–H and O–H groups in total. The van der Waals surface area contributed by atoms with Crippen LogP contribution in [-0.2, 0) is 16.6 Å². The molecule has 30 heavy (non-hydrogen) atoms. The van der Waals surface area contributed by atoms with Crippen LogP contribution in [0.4, 0.5) is 0 Å². The SMILES string of the molecule is CCOc1ccc(-c2ccc(=O)n(CCNS(=O)(=O)c3cc(Cl)ccc3C)n2)cc1. The van der Waals surface area contributed by atoms with Crippen molar-refractivity contribution in [3.63, 3.8) is 0 Å². The summed E-state index contributed by atoms with van der Waals surface area (Å²) in [6.07, 6.45) is 0. The number of ether oxygens (including phenoxy) is 1. The quantitative estimate of drug-likeness (QED) is 0.572. The molecule has 0 aliphatic heterocycles. The Bertz CT molecular complexity index is 1190. The Morgan fingerprint density at radius 2 is 1.83 bits per heavy atom. The first kappa shape index (κ1) is 22.0. The largest absolute Gasteiger partial charge is 0.494 e. The van der Waals surface area contributed by atoms with Crippen LogP contribution < -0.4 is 15.0 Å². The highest BCUT2D eigenvalue weighted by molar-refractivity contribution is 7.89. The molecule has 0 fully saturated rings. The van der Waals surface area contributed by atoms with Crippen LogP contribution in [0.2, 0.25) is 5.02 Å². The minimum atomic E-state index is -3.76. The van der Waals surface area contributed by atoms with Crippen molar-refractivity contribution in [3.8, 4) is 17.0 Å². The minimum absolute atomic E-state index is 0.00786. The van der Waals surface area contributed by atoms with Crippen LogP contribution in [0.15, 0.2) is 64.3 Å². The molecule has 158 valence electrons. The smallest absolute Gasteiger partial charge is 0.266 e. The second kappa shape index (κ2) is 9.42. The van der Waals surface area contributed by atoms with E-state index in [1.165, 1.54) is 16.8 Å². The molecule has 3 aromatic rings. The Morgan fingerprint density at radius 1 is 1.10 bits per heavy atom. The van der Waals surface area contributed by atoms with Gasteiger partial charge in [-0.15, -0.1) is 0 Å². The fraction of sp³-hybridized carbons (Fsp3) is 0.238. The summed E-state index contributed by atoms with van der Waals surface area (Å²) in [6, 6.07) is 15.1. The lowest BCUT2D eigenvalue weighted by atomic mass is 10.1. The molecule has 0 unspecified atom stereocenters. The van der Waals surface area contributed by atoms with Crippen molar-refractivity contribution in [2.24, 2.45) is 0 Å². The van der Waals surface area contributed by atoms with Gasteiger partial charge in [0.15, 0.2) is 0 Å². The standard InChI is InChI=1S/C21H22ClN3O4S/c1-3-29-18-8-5-16(6-9-18)19-10-11-21(26)25(24-19)13-12-23-30(27,28)20-14-17(22)7-4-15(20)2/h4-11,14,23H,3,12-13H2,1-2H3. The molecule has 0 spiro atoms. The van der Waals surface area contributed by atoms with Crippen LogP contribution in [0.3, 0.4) is 0 Å². The topological polar surface area (TPSA) is 90.3 Å². The second-order valence-electron chi connectivity index (χ2n) is 6.54. The van der Waals surface area contributed by atoms with Crippen molar-refractivity contribution >= 4 is 21.6 Å². The summed E-state index contributed by atoms with van der Waals surface area (Å²) < 4.78 is 34.3. The third-order valence-electron chi connectivity index (χ3n) is 4.38. The number of nitrogens with one attached hydrogen (secondary N) is 1. The molecule has 2 aromatic carbocycles. The molecule has 0 amide bonds. The van der Waals surface area contributed by atoms with Gasteiger partial charge in [-0.1, -0.05) is 17.7 Å². The van der Waals surface area contributed by atoms with Gasteiger partial charge in [-0.2, -0.15) is 5.10 Å². The first-order valence-corrected chi connectivity index (χ1v) is 11.2. The number of aryl methyl sites for hydroxylation is 1. The zero-order valence-corrected chi connectivity index (χ0v) is 18.2. The molecule has 7 nitrogen and oxygen atoms in total. The number of aromatic nitrogens is 2. The third-order valence-corrected chi connectivity index (χ3v) is 6.22. The Hall–Kier alpha value is -2.68. The average Bonchev–Trinajstić information content (AvgIpc) is 2.72. The van der Waals surface area contributed by atoms with Crippen LogP contribution in [0.5, 0.6) is 5.75 Å². The van der Waals surface area contributed by atoms with Crippen molar-refractivity contribution in [2.75, 3.05) is 13.2 Å². The number of halogens is 1. The van der Waals surface area contributed by atoms with Crippen molar-refractivity contribution < 1.29 is 13.2 Å². The maximum absolute atomic E-state index is 12.6. The predicted molar refractivity (Wildman–Crippen MR) is 116 cm³/mol. The van der Waals surface area contributed by atoms with Crippen LogP contribution in [0.1, 0.15) is 12.5 Å².